The summed E-state index contributed by atoms with van der Waals surface area (Å²) in [6.07, 6.45) is 2.24. The van der Waals surface area contributed by atoms with Gasteiger partial charge in [0.2, 0.25) is 0 Å². The molecule has 3 rings (SSSR count). The zero-order valence-corrected chi connectivity index (χ0v) is 16.2. The van der Waals surface area contributed by atoms with Crippen molar-refractivity contribution in [2.75, 3.05) is 26.2 Å². The van der Waals surface area contributed by atoms with Crippen LogP contribution < -0.4 is 4.74 Å². The molecule has 1 saturated heterocycles. The highest BCUT2D eigenvalue weighted by atomic mass is 16.5. The number of ether oxygens (including phenoxy) is 1. The van der Waals surface area contributed by atoms with E-state index < -0.39 is 12.0 Å². The predicted molar refractivity (Wildman–Crippen MR) is 103 cm³/mol. The summed E-state index contributed by atoms with van der Waals surface area (Å²) in [6, 6.07) is 9.77. The van der Waals surface area contributed by atoms with E-state index in [9.17, 15) is 14.7 Å². The van der Waals surface area contributed by atoms with Crippen molar-refractivity contribution >= 4 is 11.9 Å². The zero-order valence-electron chi connectivity index (χ0n) is 16.2. The van der Waals surface area contributed by atoms with Crippen LogP contribution >= 0.6 is 0 Å². The molecule has 1 amide bonds. The van der Waals surface area contributed by atoms with Crippen molar-refractivity contribution in [3.63, 3.8) is 0 Å². The lowest BCUT2D eigenvalue weighted by Gasteiger charge is -2.28. The number of carbonyl (C=O) groups excluding carboxylic acids is 1. The van der Waals surface area contributed by atoms with Gasteiger partial charge < -0.3 is 19.2 Å². The molecule has 1 aromatic heterocycles. The minimum Gasteiger partial charge on any atom is -0.491 e. The van der Waals surface area contributed by atoms with Crippen molar-refractivity contribution in [1.82, 2.24) is 9.80 Å². The fourth-order valence-electron chi connectivity index (χ4n) is 3.47. The Balaban J connectivity index is 1.70. The summed E-state index contributed by atoms with van der Waals surface area (Å²) in [6.45, 7) is 6.00. The van der Waals surface area contributed by atoms with Crippen molar-refractivity contribution in [3.05, 3.63) is 54.0 Å². The predicted octanol–water partition coefficient (Wildman–Crippen LogP) is 3.04. The first-order valence-corrected chi connectivity index (χ1v) is 9.52. The molecule has 7 nitrogen and oxygen atoms in total. The Labute approximate surface area is 164 Å². The topological polar surface area (TPSA) is 83.2 Å². The van der Waals surface area contributed by atoms with Crippen LogP contribution in [0.4, 0.5) is 0 Å². The first-order chi connectivity index (χ1) is 13.5. The Morgan fingerprint density at radius 2 is 1.82 bits per heavy atom. The molecule has 0 bridgehead atoms. The van der Waals surface area contributed by atoms with E-state index in [-0.39, 0.29) is 12.0 Å². The summed E-state index contributed by atoms with van der Waals surface area (Å²) in [4.78, 5) is 28.1. The monoisotopic (exact) mass is 386 g/mol. The molecule has 0 saturated carbocycles. The first-order valence-electron chi connectivity index (χ1n) is 9.52. The van der Waals surface area contributed by atoms with Crippen LogP contribution in [-0.2, 0) is 4.79 Å². The average molecular weight is 386 g/mol. The summed E-state index contributed by atoms with van der Waals surface area (Å²) in [5, 5.41) is 9.84. The van der Waals surface area contributed by atoms with Crippen LogP contribution in [0.15, 0.2) is 47.1 Å². The van der Waals surface area contributed by atoms with Crippen LogP contribution in [0.25, 0.3) is 0 Å². The molecule has 28 heavy (non-hydrogen) atoms. The fourth-order valence-corrected chi connectivity index (χ4v) is 3.47. The van der Waals surface area contributed by atoms with E-state index >= 15 is 0 Å². The lowest BCUT2D eigenvalue weighted by Crippen LogP contribution is -2.38. The van der Waals surface area contributed by atoms with Gasteiger partial charge in [0.25, 0.3) is 5.91 Å². The van der Waals surface area contributed by atoms with Crippen LogP contribution in [0.3, 0.4) is 0 Å². The molecule has 2 heterocycles. The van der Waals surface area contributed by atoms with Crippen LogP contribution in [0.1, 0.15) is 42.4 Å². The number of carboxylic acid groups (broad SMARTS) is 1. The van der Waals surface area contributed by atoms with Crippen molar-refractivity contribution in [2.45, 2.75) is 32.4 Å². The van der Waals surface area contributed by atoms with Gasteiger partial charge in [-0.1, -0.05) is 12.1 Å². The number of aliphatic carboxylic acids is 1. The molecule has 0 aliphatic carbocycles. The smallest absolute Gasteiger partial charge is 0.325 e. The highest BCUT2D eigenvalue weighted by Crippen LogP contribution is 2.25. The van der Waals surface area contributed by atoms with Gasteiger partial charge in [-0.2, -0.15) is 0 Å². The molecule has 2 aromatic rings. The molecule has 150 valence electrons. The number of furan rings is 1. The summed E-state index contributed by atoms with van der Waals surface area (Å²) in [5.41, 5.74) is 0.703. The third-order valence-corrected chi connectivity index (χ3v) is 4.72. The fraction of sp³-hybridized carbons (Fsp3) is 0.429. The molecule has 1 aliphatic rings. The largest absolute Gasteiger partial charge is 0.491 e. The van der Waals surface area contributed by atoms with Crippen molar-refractivity contribution in [3.8, 4) is 5.75 Å². The maximum atomic E-state index is 12.5. The molecule has 1 N–H and O–H groups in total. The normalized spacial score (nSPS) is 16.6. The van der Waals surface area contributed by atoms with Gasteiger partial charge in [0.1, 0.15) is 11.8 Å². The van der Waals surface area contributed by atoms with Gasteiger partial charge in [0, 0.05) is 26.2 Å². The van der Waals surface area contributed by atoms with E-state index in [4.69, 9.17) is 9.15 Å². The molecule has 1 atom stereocenters. The van der Waals surface area contributed by atoms with E-state index in [2.05, 4.69) is 0 Å². The Morgan fingerprint density at radius 1 is 1.07 bits per heavy atom. The van der Waals surface area contributed by atoms with Crippen LogP contribution in [0.5, 0.6) is 5.75 Å². The second-order valence-corrected chi connectivity index (χ2v) is 7.14. The molecular formula is C21H26N2O5. The second-order valence-electron chi connectivity index (χ2n) is 7.14. The standard InChI is InChI=1S/C21H26N2O5/c1-15(2)28-17-8-6-16(7-9-17)19(21(25)26)22-10-4-11-23(13-12-22)20(24)18-5-3-14-27-18/h3,5-9,14-15,19H,4,10-13H2,1-2H3,(H,25,26). The molecule has 1 fully saturated rings. The van der Waals surface area contributed by atoms with Gasteiger partial charge in [0.15, 0.2) is 5.76 Å². The minimum absolute atomic E-state index is 0.0596. The highest BCUT2D eigenvalue weighted by molar-refractivity contribution is 5.91. The highest BCUT2D eigenvalue weighted by Gasteiger charge is 2.30. The van der Waals surface area contributed by atoms with Crippen molar-refractivity contribution in [1.29, 1.82) is 0 Å². The average Bonchev–Trinajstić information content (AvgIpc) is 3.08. The van der Waals surface area contributed by atoms with E-state index in [0.717, 1.165) is 0 Å². The van der Waals surface area contributed by atoms with Gasteiger partial charge in [-0.25, -0.2) is 0 Å². The number of benzene rings is 1. The van der Waals surface area contributed by atoms with Gasteiger partial charge in [0.05, 0.1) is 12.4 Å². The Morgan fingerprint density at radius 3 is 2.43 bits per heavy atom. The number of hydrogen-bond donors (Lipinski definition) is 1. The molecule has 1 aromatic carbocycles. The molecule has 7 heteroatoms. The lowest BCUT2D eigenvalue weighted by molar-refractivity contribution is -0.143. The Hall–Kier alpha value is -2.80. The van der Waals surface area contributed by atoms with Crippen molar-refractivity contribution in [2.24, 2.45) is 0 Å². The van der Waals surface area contributed by atoms with E-state index in [1.165, 1.54) is 6.26 Å². The number of hydrogen-bond acceptors (Lipinski definition) is 5. The summed E-state index contributed by atoms with van der Waals surface area (Å²) in [7, 11) is 0. The van der Waals surface area contributed by atoms with Crippen LogP contribution in [0.2, 0.25) is 0 Å². The lowest BCUT2D eigenvalue weighted by atomic mass is 10.0. The zero-order chi connectivity index (χ0) is 20.1. The number of nitrogens with zero attached hydrogens (tertiary/aromatic N) is 2. The van der Waals surface area contributed by atoms with Crippen LogP contribution in [0, 0.1) is 0 Å². The Bertz CT molecular complexity index is 786. The van der Waals surface area contributed by atoms with E-state index in [0.29, 0.717) is 49.7 Å². The maximum absolute atomic E-state index is 12.5. The Kier molecular flexibility index (Phi) is 6.36. The maximum Gasteiger partial charge on any atom is 0.325 e. The molecule has 0 spiro atoms. The van der Waals surface area contributed by atoms with Gasteiger partial charge in [-0.05, 0) is 50.1 Å². The summed E-state index contributed by atoms with van der Waals surface area (Å²) in [5.74, 6) is -0.0322. The summed E-state index contributed by atoms with van der Waals surface area (Å²) < 4.78 is 10.8. The number of carbonyl (C=O) groups is 2. The third kappa shape index (κ3) is 4.72. The van der Waals surface area contributed by atoms with Gasteiger partial charge in [-0.15, -0.1) is 0 Å². The number of rotatable bonds is 6. The molecule has 1 aliphatic heterocycles. The third-order valence-electron chi connectivity index (χ3n) is 4.72. The summed E-state index contributed by atoms with van der Waals surface area (Å²) >= 11 is 0. The van der Waals surface area contributed by atoms with E-state index in [1.807, 2.05) is 18.7 Å². The van der Waals surface area contributed by atoms with Gasteiger partial charge in [-0.3, -0.25) is 14.5 Å². The van der Waals surface area contributed by atoms with E-state index in [1.54, 1.807) is 41.3 Å². The molecule has 0 radical (unpaired) electrons. The number of amides is 1. The SMILES string of the molecule is CC(C)Oc1ccc(C(C(=O)O)N2CCCN(C(=O)c3ccco3)CC2)cc1. The quantitative estimate of drug-likeness (QED) is 0.822. The molecular weight excluding hydrogens is 360 g/mol. The minimum atomic E-state index is -0.900. The first kappa shape index (κ1) is 19.9. The second kappa shape index (κ2) is 8.93. The number of carboxylic acids is 1. The van der Waals surface area contributed by atoms with Crippen LogP contribution in [-0.4, -0.2) is 59.1 Å². The van der Waals surface area contributed by atoms with Crippen molar-refractivity contribution < 1.29 is 23.8 Å². The molecule has 1 unspecified atom stereocenters. The van der Waals surface area contributed by atoms with Gasteiger partial charge >= 0.3 is 5.97 Å².